The number of anilines is 1. The van der Waals surface area contributed by atoms with E-state index in [4.69, 9.17) is 45.3 Å². The number of amides is 1. The van der Waals surface area contributed by atoms with E-state index in [0.29, 0.717) is 23.0 Å². The molecule has 0 radical (unpaired) electrons. The van der Waals surface area contributed by atoms with Crippen molar-refractivity contribution < 1.29 is 13.9 Å². The predicted molar refractivity (Wildman–Crippen MR) is 111 cm³/mol. The topological polar surface area (TPSA) is 93.0 Å². The van der Waals surface area contributed by atoms with Crippen molar-refractivity contribution in [3.05, 3.63) is 68.4 Å². The summed E-state index contributed by atoms with van der Waals surface area (Å²) >= 11 is 18.0. The quantitative estimate of drug-likeness (QED) is 0.433. The highest BCUT2D eigenvalue weighted by atomic mass is 35.5. The Bertz CT molecular complexity index is 1050. The third-order valence-electron chi connectivity index (χ3n) is 3.95. The maximum Gasteiger partial charge on any atom is 0.271 e. The maximum atomic E-state index is 14.9. The smallest absolute Gasteiger partial charge is 0.271 e. The number of benzene rings is 2. The van der Waals surface area contributed by atoms with Crippen LogP contribution in [0.2, 0.25) is 15.2 Å². The van der Waals surface area contributed by atoms with Gasteiger partial charge in [0.25, 0.3) is 5.91 Å². The van der Waals surface area contributed by atoms with Crippen LogP contribution in [0.5, 0.6) is 11.5 Å². The number of aryl methyl sites for hydroxylation is 1. The molecule has 152 valence electrons. The largest absolute Gasteiger partial charge is 0.453 e. The van der Waals surface area contributed by atoms with E-state index in [9.17, 15) is 9.18 Å². The van der Waals surface area contributed by atoms with Crippen LogP contribution in [0.1, 0.15) is 28.8 Å². The number of aromatic nitrogens is 2. The zero-order chi connectivity index (χ0) is 21.1. The fraction of sp³-hybridized carbons (Fsp3) is 0.158. The summed E-state index contributed by atoms with van der Waals surface area (Å²) in [5.74, 6) is -0.626. The average Bonchev–Trinajstić information content (AvgIpc) is 3.04. The minimum Gasteiger partial charge on any atom is -0.453 e. The summed E-state index contributed by atoms with van der Waals surface area (Å²) in [5, 5.41) is 3.03. The number of imidazole rings is 1. The summed E-state index contributed by atoms with van der Waals surface area (Å²) in [6, 6.07) is 7.41. The fourth-order valence-electron chi connectivity index (χ4n) is 2.54. The van der Waals surface area contributed by atoms with E-state index >= 15 is 0 Å². The van der Waals surface area contributed by atoms with Crippen molar-refractivity contribution in [2.45, 2.75) is 19.9 Å². The van der Waals surface area contributed by atoms with Crippen molar-refractivity contribution in [2.75, 3.05) is 5.73 Å². The van der Waals surface area contributed by atoms with Crippen LogP contribution in [-0.4, -0.2) is 15.9 Å². The first-order valence-corrected chi connectivity index (χ1v) is 9.65. The van der Waals surface area contributed by atoms with Gasteiger partial charge >= 0.3 is 0 Å². The van der Waals surface area contributed by atoms with Gasteiger partial charge in [-0.05, 0) is 18.2 Å². The van der Waals surface area contributed by atoms with Crippen molar-refractivity contribution in [3.8, 4) is 11.5 Å². The molecule has 0 aliphatic heterocycles. The summed E-state index contributed by atoms with van der Waals surface area (Å²) in [6.45, 7) is 1.75. The van der Waals surface area contributed by atoms with E-state index in [2.05, 4.69) is 15.3 Å². The van der Waals surface area contributed by atoms with Gasteiger partial charge in [-0.3, -0.25) is 4.79 Å². The summed E-state index contributed by atoms with van der Waals surface area (Å²) in [4.78, 5) is 19.2. The molecule has 0 fully saturated rings. The number of H-pyrrole nitrogens is 1. The van der Waals surface area contributed by atoms with Gasteiger partial charge in [0, 0.05) is 35.3 Å². The molecule has 0 saturated carbocycles. The summed E-state index contributed by atoms with van der Waals surface area (Å²) in [5.41, 5.74) is 6.36. The Hall–Kier alpha value is -2.48. The second kappa shape index (κ2) is 8.90. The van der Waals surface area contributed by atoms with Gasteiger partial charge in [-0.2, -0.15) is 0 Å². The number of nitrogen functional groups attached to an aromatic ring is 1. The first-order valence-electron chi connectivity index (χ1n) is 8.51. The molecule has 4 N–H and O–H groups in total. The number of hydrogen-bond acceptors (Lipinski definition) is 4. The van der Waals surface area contributed by atoms with Crippen molar-refractivity contribution in [3.63, 3.8) is 0 Å². The lowest BCUT2D eigenvalue weighted by atomic mass is 10.2. The molecule has 6 nitrogen and oxygen atoms in total. The highest BCUT2D eigenvalue weighted by Gasteiger charge is 2.18. The van der Waals surface area contributed by atoms with Crippen LogP contribution in [0.4, 0.5) is 10.1 Å². The van der Waals surface area contributed by atoms with Gasteiger partial charge in [0.05, 0.1) is 5.02 Å². The summed E-state index contributed by atoms with van der Waals surface area (Å²) in [6.07, 6.45) is 0.591. The molecule has 29 heavy (non-hydrogen) atoms. The Morgan fingerprint density at radius 2 is 2.03 bits per heavy atom. The summed E-state index contributed by atoms with van der Waals surface area (Å²) < 4.78 is 20.5. The SMILES string of the molecule is CCc1nc(Cl)c(C(=O)NCc2ccc(Cl)c(Oc3cc(N)cc(Cl)c3)c2F)[nH]1. The minimum atomic E-state index is -0.721. The molecule has 0 aliphatic rings. The van der Waals surface area contributed by atoms with E-state index < -0.39 is 11.7 Å². The van der Waals surface area contributed by atoms with Crippen molar-refractivity contribution in [2.24, 2.45) is 0 Å². The number of ether oxygens (including phenoxy) is 1. The number of aromatic amines is 1. The van der Waals surface area contributed by atoms with E-state index in [1.54, 1.807) is 0 Å². The zero-order valence-electron chi connectivity index (χ0n) is 15.2. The highest BCUT2D eigenvalue weighted by Crippen LogP contribution is 2.35. The van der Waals surface area contributed by atoms with Gasteiger partial charge in [-0.1, -0.05) is 47.8 Å². The Kier molecular flexibility index (Phi) is 6.52. The normalized spacial score (nSPS) is 10.8. The van der Waals surface area contributed by atoms with Crippen molar-refractivity contribution in [1.29, 1.82) is 0 Å². The summed E-state index contributed by atoms with van der Waals surface area (Å²) in [7, 11) is 0. The van der Waals surface area contributed by atoms with E-state index in [0.717, 1.165) is 0 Å². The molecule has 0 bridgehead atoms. The molecule has 0 atom stereocenters. The van der Waals surface area contributed by atoms with Crippen molar-refractivity contribution >= 4 is 46.4 Å². The lowest BCUT2D eigenvalue weighted by molar-refractivity contribution is 0.0946. The molecule has 3 rings (SSSR count). The number of nitrogens with two attached hydrogens (primary N) is 1. The lowest BCUT2D eigenvalue weighted by Crippen LogP contribution is -2.24. The monoisotopic (exact) mass is 456 g/mol. The second-order valence-electron chi connectivity index (χ2n) is 6.06. The molecule has 3 aromatic rings. The molecule has 1 amide bonds. The van der Waals surface area contributed by atoms with Gasteiger partial charge in [-0.15, -0.1) is 0 Å². The van der Waals surface area contributed by atoms with Gasteiger partial charge < -0.3 is 20.8 Å². The van der Waals surface area contributed by atoms with Crippen LogP contribution in [0.15, 0.2) is 30.3 Å². The maximum absolute atomic E-state index is 14.9. The number of halogens is 4. The van der Waals surface area contributed by atoms with Crippen LogP contribution in [0.3, 0.4) is 0 Å². The number of hydrogen-bond donors (Lipinski definition) is 3. The zero-order valence-corrected chi connectivity index (χ0v) is 17.4. The molecule has 0 spiro atoms. The van der Waals surface area contributed by atoms with Crippen LogP contribution in [0, 0.1) is 5.82 Å². The standard InChI is InChI=1S/C19H16Cl3FN4O2/c1-2-14-26-16(18(22)27-14)19(28)25-8-9-3-4-13(21)17(15(9)23)29-12-6-10(20)5-11(24)7-12/h3-7H,2,8,24H2,1H3,(H,25,28)(H,26,27). The van der Waals surface area contributed by atoms with Gasteiger partial charge in [0.1, 0.15) is 17.3 Å². The first kappa shape index (κ1) is 21.2. The molecular formula is C19H16Cl3FN4O2. The highest BCUT2D eigenvalue weighted by molar-refractivity contribution is 6.32. The Morgan fingerprint density at radius 1 is 1.28 bits per heavy atom. The van der Waals surface area contributed by atoms with E-state index in [1.807, 2.05) is 6.92 Å². The van der Waals surface area contributed by atoms with Crippen LogP contribution in [-0.2, 0) is 13.0 Å². The van der Waals surface area contributed by atoms with Crippen molar-refractivity contribution in [1.82, 2.24) is 15.3 Å². The van der Waals surface area contributed by atoms with Crippen LogP contribution in [0.25, 0.3) is 0 Å². The third-order valence-corrected chi connectivity index (χ3v) is 4.74. The van der Waals surface area contributed by atoms with Gasteiger partial charge in [0.2, 0.25) is 0 Å². The second-order valence-corrected chi connectivity index (χ2v) is 7.26. The predicted octanol–water partition coefficient (Wildman–Crippen LogP) is 5.38. The molecule has 10 heteroatoms. The van der Waals surface area contributed by atoms with Crippen LogP contribution < -0.4 is 15.8 Å². The third kappa shape index (κ3) is 4.93. The Labute approximate surface area is 181 Å². The van der Waals surface area contributed by atoms with Crippen LogP contribution >= 0.6 is 34.8 Å². The lowest BCUT2D eigenvalue weighted by Gasteiger charge is -2.13. The molecule has 2 aromatic carbocycles. The number of carbonyl (C=O) groups excluding carboxylic acids is 1. The fourth-order valence-corrected chi connectivity index (χ4v) is 3.20. The number of nitrogens with zero attached hydrogens (tertiary/aromatic N) is 1. The molecule has 1 aromatic heterocycles. The molecule has 0 saturated heterocycles. The number of rotatable bonds is 6. The Morgan fingerprint density at radius 3 is 2.69 bits per heavy atom. The molecule has 0 unspecified atom stereocenters. The van der Waals surface area contributed by atoms with Gasteiger partial charge in [0.15, 0.2) is 16.7 Å². The van der Waals surface area contributed by atoms with E-state index in [1.165, 1.54) is 30.3 Å². The van der Waals surface area contributed by atoms with Gasteiger partial charge in [-0.25, -0.2) is 9.37 Å². The number of nitrogens with one attached hydrogen (secondary N) is 2. The molecule has 0 aliphatic carbocycles. The first-order chi connectivity index (χ1) is 13.8. The van der Waals surface area contributed by atoms with E-state index in [-0.39, 0.29) is 39.5 Å². The Balaban J connectivity index is 1.79. The molecule has 1 heterocycles. The molecular weight excluding hydrogens is 442 g/mol. The number of carbonyl (C=O) groups is 1. The average molecular weight is 458 g/mol. The minimum absolute atomic E-state index is 0.0542.